The van der Waals surface area contributed by atoms with Crippen molar-refractivity contribution in [3.8, 4) is 11.5 Å². The SMILES string of the molecule is CC[C@@]12c3c4ccc(O)c3CC(C)C1CC[C@H](O)C2O4. The average molecular weight is 274 g/mol. The number of benzene rings is 1. The van der Waals surface area contributed by atoms with Gasteiger partial charge in [-0.2, -0.15) is 0 Å². The van der Waals surface area contributed by atoms with E-state index in [-0.39, 0.29) is 17.6 Å². The molecule has 20 heavy (non-hydrogen) atoms. The molecule has 1 fully saturated rings. The lowest BCUT2D eigenvalue weighted by atomic mass is 9.52. The largest absolute Gasteiger partial charge is 0.508 e. The highest BCUT2D eigenvalue weighted by Crippen LogP contribution is 2.62. The van der Waals surface area contributed by atoms with E-state index >= 15 is 0 Å². The molecular weight excluding hydrogens is 252 g/mol. The monoisotopic (exact) mass is 274 g/mol. The van der Waals surface area contributed by atoms with Gasteiger partial charge in [-0.05, 0) is 49.7 Å². The summed E-state index contributed by atoms with van der Waals surface area (Å²) < 4.78 is 6.15. The van der Waals surface area contributed by atoms with E-state index in [0.717, 1.165) is 37.0 Å². The quantitative estimate of drug-likeness (QED) is 0.828. The summed E-state index contributed by atoms with van der Waals surface area (Å²) in [7, 11) is 0. The van der Waals surface area contributed by atoms with Crippen molar-refractivity contribution in [2.75, 3.05) is 0 Å². The van der Waals surface area contributed by atoms with Crippen LogP contribution in [0.25, 0.3) is 0 Å². The number of aliphatic hydroxyl groups is 1. The minimum Gasteiger partial charge on any atom is -0.508 e. The molecule has 3 aliphatic rings. The Morgan fingerprint density at radius 3 is 2.90 bits per heavy atom. The van der Waals surface area contributed by atoms with Crippen molar-refractivity contribution in [2.45, 2.75) is 57.2 Å². The second-order valence-electron chi connectivity index (χ2n) is 6.80. The molecule has 0 bridgehead atoms. The number of phenols is 1. The predicted octanol–water partition coefficient (Wildman–Crippen LogP) is 2.76. The number of hydrogen-bond donors (Lipinski definition) is 2. The molecule has 3 nitrogen and oxygen atoms in total. The Morgan fingerprint density at radius 1 is 1.35 bits per heavy atom. The number of phenolic OH excluding ortho intramolecular Hbond substituents is 1. The lowest BCUT2D eigenvalue weighted by molar-refractivity contribution is -0.0684. The van der Waals surface area contributed by atoms with Crippen molar-refractivity contribution < 1.29 is 14.9 Å². The van der Waals surface area contributed by atoms with Gasteiger partial charge in [-0.25, -0.2) is 0 Å². The minimum atomic E-state index is -0.390. The topological polar surface area (TPSA) is 49.7 Å². The van der Waals surface area contributed by atoms with Gasteiger partial charge in [-0.3, -0.25) is 0 Å². The molecule has 4 rings (SSSR count). The summed E-state index contributed by atoms with van der Waals surface area (Å²) in [5.41, 5.74) is 2.16. The van der Waals surface area contributed by atoms with E-state index in [9.17, 15) is 10.2 Å². The molecule has 0 radical (unpaired) electrons. The molecule has 1 saturated carbocycles. The Bertz CT molecular complexity index is 568. The third-order valence-corrected chi connectivity index (χ3v) is 6.06. The summed E-state index contributed by atoms with van der Waals surface area (Å²) in [6.45, 7) is 4.48. The molecule has 1 aromatic rings. The van der Waals surface area contributed by atoms with Gasteiger partial charge in [0.2, 0.25) is 0 Å². The van der Waals surface area contributed by atoms with Gasteiger partial charge in [0.1, 0.15) is 17.6 Å². The molecule has 1 aliphatic heterocycles. The van der Waals surface area contributed by atoms with Gasteiger partial charge in [-0.15, -0.1) is 0 Å². The summed E-state index contributed by atoms with van der Waals surface area (Å²) in [6.07, 6.45) is 3.26. The molecule has 1 heterocycles. The van der Waals surface area contributed by atoms with Crippen LogP contribution in [0.2, 0.25) is 0 Å². The highest BCUT2D eigenvalue weighted by Gasteiger charge is 2.61. The van der Waals surface area contributed by atoms with Crippen LogP contribution in [0.1, 0.15) is 44.2 Å². The van der Waals surface area contributed by atoms with E-state index in [4.69, 9.17) is 4.74 Å². The summed E-state index contributed by atoms with van der Waals surface area (Å²) in [5, 5.41) is 20.7. The summed E-state index contributed by atoms with van der Waals surface area (Å²) in [4.78, 5) is 0. The Hall–Kier alpha value is -1.22. The van der Waals surface area contributed by atoms with Crippen molar-refractivity contribution in [3.05, 3.63) is 23.3 Å². The molecule has 3 unspecified atom stereocenters. The molecule has 108 valence electrons. The molecule has 3 heteroatoms. The third-order valence-electron chi connectivity index (χ3n) is 6.06. The highest BCUT2D eigenvalue weighted by molar-refractivity contribution is 5.58. The first kappa shape index (κ1) is 12.5. The normalized spacial score (nSPS) is 41.1. The first-order chi connectivity index (χ1) is 9.59. The van der Waals surface area contributed by atoms with Crippen LogP contribution in [0.4, 0.5) is 0 Å². The second-order valence-corrected chi connectivity index (χ2v) is 6.80. The molecule has 2 N–H and O–H groups in total. The summed E-state index contributed by atoms with van der Waals surface area (Å²) >= 11 is 0. The van der Waals surface area contributed by atoms with Crippen molar-refractivity contribution in [1.82, 2.24) is 0 Å². The Balaban J connectivity index is 2.02. The summed E-state index contributed by atoms with van der Waals surface area (Å²) in [5.74, 6) is 2.37. The third kappa shape index (κ3) is 1.25. The number of hydrogen-bond acceptors (Lipinski definition) is 3. The molecule has 0 aromatic heterocycles. The van der Waals surface area contributed by atoms with Crippen molar-refractivity contribution in [2.24, 2.45) is 11.8 Å². The Morgan fingerprint density at radius 2 is 2.15 bits per heavy atom. The standard InChI is InChI=1S/C17H22O3/c1-3-17-11-4-5-13(19)16(17)20-14-7-6-12(18)10(15(14)17)8-9(11)2/h6-7,9,11,13,16,18-19H,3-5,8H2,1-2H3/t9?,11?,13-,16?,17-/m0/s1. The second kappa shape index (κ2) is 3.91. The van der Waals surface area contributed by atoms with Gasteiger partial charge in [0.15, 0.2) is 0 Å². The smallest absolute Gasteiger partial charge is 0.134 e. The number of ether oxygens (including phenoxy) is 1. The Labute approximate surface area is 119 Å². The lowest BCUT2D eigenvalue weighted by Crippen LogP contribution is -2.57. The minimum absolute atomic E-state index is 0.0985. The predicted molar refractivity (Wildman–Crippen MR) is 76.1 cm³/mol. The van der Waals surface area contributed by atoms with Crippen LogP contribution in [0.15, 0.2) is 12.1 Å². The molecular formula is C17H22O3. The van der Waals surface area contributed by atoms with Gasteiger partial charge in [0.05, 0.1) is 6.10 Å². The maximum absolute atomic E-state index is 10.4. The van der Waals surface area contributed by atoms with E-state index in [2.05, 4.69) is 13.8 Å². The van der Waals surface area contributed by atoms with Crippen molar-refractivity contribution >= 4 is 0 Å². The maximum Gasteiger partial charge on any atom is 0.134 e. The number of rotatable bonds is 1. The van der Waals surface area contributed by atoms with Crippen LogP contribution in [-0.2, 0) is 11.8 Å². The number of aliphatic hydroxyl groups excluding tert-OH is 1. The van der Waals surface area contributed by atoms with Gasteiger partial charge >= 0.3 is 0 Å². The van der Waals surface area contributed by atoms with Gasteiger partial charge < -0.3 is 14.9 Å². The van der Waals surface area contributed by atoms with Gasteiger partial charge in [-0.1, -0.05) is 13.8 Å². The first-order valence-electron chi connectivity index (χ1n) is 7.79. The zero-order valence-electron chi connectivity index (χ0n) is 12.1. The van der Waals surface area contributed by atoms with Crippen LogP contribution in [-0.4, -0.2) is 22.4 Å². The van der Waals surface area contributed by atoms with Crippen LogP contribution in [0.3, 0.4) is 0 Å². The zero-order valence-corrected chi connectivity index (χ0v) is 12.1. The molecule has 5 atom stereocenters. The van der Waals surface area contributed by atoms with E-state index in [0.29, 0.717) is 17.6 Å². The van der Waals surface area contributed by atoms with Crippen molar-refractivity contribution in [3.63, 3.8) is 0 Å². The molecule has 2 aliphatic carbocycles. The van der Waals surface area contributed by atoms with E-state index in [1.807, 2.05) is 6.07 Å². The first-order valence-corrected chi connectivity index (χ1v) is 7.79. The fraction of sp³-hybridized carbons (Fsp3) is 0.647. The molecule has 1 aromatic carbocycles. The lowest BCUT2D eigenvalue weighted by Gasteiger charge is -2.52. The fourth-order valence-corrected chi connectivity index (χ4v) is 5.29. The molecule has 0 amide bonds. The highest BCUT2D eigenvalue weighted by atomic mass is 16.5. The van der Waals surface area contributed by atoms with Gasteiger partial charge in [0.25, 0.3) is 0 Å². The fourth-order valence-electron chi connectivity index (χ4n) is 5.29. The van der Waals surface area contributed by atoms with Crippen LogP contribution in [0, 0.1) is 11.8 Å². The maximum atomic E-state index is 10.4. The van der Waals surface area contributed by atoms with E-state index < -0.39 is 0 Å². The number of aromatic hydroxyl groups is 1. The summed E-state index contributed by atoms with van der Waals surface area (Å²) in [6, 6.07) is 3.62. The van der Waals surface area contributed by atoms with Crippen LogP contribution < -0.4 is 4.74 Å². The van der Waals surface area contributed by atoms with Crippen molar-refractivity contribution in [1.29, 1.82) is 0 Å². The van der Waals surface area contributed by atoms with E-state index in [1.54, 1.807) is 6.07 Å². The van der Waals surface area contributed by atoms with Gasteiger partial charge in [0, 0.05) is 16.5 Å². The zero-order chi connectivity index (χ0) is 14.1. The van der Waals surface area contributed by atoms with Crippen LogP contribution >= 0.6 is 0 Å². The van der Waals surface area contributed by atoms with Crippen LogP contribution in [0.5, 0.6) is 11.5 Å². The Kier molecular flexibility index (Phi) is 2.45. The van der Waals surface area contributed by atoms with E-state index in [1.165, 1.54) is 5.56 Å². The average Bonchev–Trinajstić information content (AvgIpc) is 2.79. The molecule has 0 saturated heterocycles. The molecule has 0 spiro atoms.